The van der Waals surface area contributed by atoms with Crippen LogP contribution >= 0.6 is 11.8 Å². The van der Waals surface area contributed by atoms with Gasteiger partial charge in [0.2, 0.25) is 5.78 Å². The Morgan fingerprint density at radius 3 is 2.60 bits per heavy atom. The van der Waals surface area contributed by atoms with Crippen molar-refractivity contribution in [3.8, 4) is 0 Å². The first kappa shape index (κ1) is 17.8. The number of esters is 1. The molecule has 0 aliphatic carbocycles. The number of hydrogen-bond acceptors (Lipinski definition) is 6. The van der Waals surface area contributed by atoms with Gasteiger partial charge in [-0.2, -0.15) is 0 Å². The van der Waals surface area contributed by atoms with E-state index in [2.05, 4.69) is 4.90 Å². The van der Waals surface area contributed by atoms with Crippen molar-refractivity contribution in [1.82, 2.24) is 4.90 Å². The number of nitrogens with zero attached hydrogens (tertiary/aromatic N) is 1. The molecule has 6 heteroatoms. The molecule has 0 unspecified atom stereocenters. The van der Waals surface area contributed by atoms with Crippen molar-refractivity contribution in [3.63, 3.8) is 0 Å². The van der Waals surface area contributed by atoms with Crippen LogP contribution in [-0.4, -0.2) is 49.6 Å². The van der Waals surface area contributed by atoms with Crippen LogP contribution < -0.4 is 0 Å². The van der Waals surface area contributed by atoms with E-state index in [9.17, 15) is 9.59 Å². The van der Waals surface area contributed by atoms with Gasteiger partial charge in [-0.05, 0) is 19.4 Å². The van der Waals surface area contributed by atoms with Gasteiger partial charge in [0.05, 0.1) is 35.3 Å². The first-order valence-corrected chi connectivity index (χ1v) is 9.17. The van der Waals surface area contributed by atoms with Crippen molar-refractivity contribution in [1.29, 1.82) is 0 Å². The number of thioether (sulfide) groups is 1. The summed E-state index contributed by atoms with van der Waals surface area (Å²) in [7, 11) is 0. The molecular weight excluding hydrogens is 338 g/mol. The summed E-state index contributed by atoms with van der Waals surface area (Å²) in [6.07, 6.45) is 1.30. The third-order valence-corrected chi connectivity index (χ3v) is 5.22. The maximum absolute atomic E-state index is 13.0. The average Bonchev–Trinajstić information content (AvgIpc) is 2.93. The second kappa shape index (κ2) is 7.89. The van der Waals surface area contributed by atoms with E-state index in [1.165, 1.54) is 17.8 Å². The molecule has 2 aliphatic rings. The fraction of sp³-hybridized carbons (Fsp3) is 0.368. The van der Waals surface area contributed by atoms with E-state index in [-0.39, 0.29) is 12.4 Å². The van der Waals surface area contributed by atoms with E-state index < -0.39 is 5.97 Å². The predicted molar refractivity (Wildman–Crippen MR) is 97.8 cm³/mol. The number of carbonyl (C=O) groups is 2. The lowest BCUT2D eigenvalue weighted by Crippen LogP contribution is -2.34. The number of allylic oxidation sites excluding steroid dienone is 2. The highest BCUT2D eigenvalue weighted by atomic mass is 32.2. The topological polar surface area (TPSA) is 55.8 Å². The van der Waals surface area contributed by atoms with Crippen LogP contribution in [0.2, 0.25) is 0 Å². The third kappa shape index (κ3) is 3.96. The van der Waals surface area contributed by atoms with E-state index in [1.807, 2.05) is 31.2 Å². The normalized spacial score (nSPS) is 19.7. The molecular formula is C19H21NO4S. The Hall–Kier alpha value is -2.05. The number of hydrogen-bond donors (Lipinski definition) is 0. The summed E-state index contributed by atoms with van der Waals surface area (Å²) in [5.74, 6) is -0.603. The van der Waals surface area contributed by atoms with Gasteiger partial charge < -0.3 is 14.4 Å². The fourth-order valence-electron chi connectivity index (χ4n) is 2.77. The Morgan fingerprint density at radius 2 is 1.96 bits per heavy atom. The Morgan fingerprint density at radius 1 is 1.28 bits per heavy atom. The second-order valence-electron chi connectivity index (χ2n) is 5.84. The summed E-state index contributed by atoms with van der Waals surface area (Å²) >= 11 is 1.35. The number of morpholine rings is 1. The smallest absolute Gasteiger partial charge is 0.332 e. The highest BCUT2D eigenvalue weighted by Crippen LogP contribution is 2.44. The molecule has 2 aliphatic heterocycles. The molecule has 1 fully saturated rings. The molecule has 1 aromatic rings. The number of carbonyl (C=O) groups excluding carboxylic acids is 2. The van der Waals surface area contributed by atoms with E-state index in [0.29, 0.717) is 23.7 Å². The monoisotopic (exact) mass is 359 g/mol. The van der Waals surface area contributed by atoms with Crippen molar-refractivity contribution >= 4 is 29.1 Å². The van der Waals surface area contributed by atoms with Gasteiger partial charge in [-0.3, -0.25) is 4.79 Å². The number of rotatable bonds is 4. The summed E-state index contributed by atoms with van der Waals surface area (Å²) in [4.78, 5) is 27.3. The molecule has 25 heavy (non-hydrogen) atoms. The van der Waals surface area contributed by atoms with Crippen LogP contribution in [0, 0.1) is 6.92 Å². The molecule has 3 rings (SSSR count). The molecule has 0 atom stereocenters. The van der Waals surface area contributed by atoms with Crippen LogP contribution in [0.3, 0.4) is 0 Å². The first-order chi connectivity index (χ1) is 12.1. The predicted octanol–water partition coefficient (Wildman–Crippen LogP) is 2.76. The molecule has 1 saturated heterocycles. The van der Waals surface area contributed by atoms with E-state index in [4.69, 9.17) is 9.47 Å². The van der Waals surface area contributed by atoms with Gasteiger partial charge in [0.1, 0.15) is 0 Å². The van der Waals surface area contributed by atoms with Crippen LogP contribution in [0.4, 0.5) is 0 Å². The number of ether oxygens (including phenoxy) is 2. The molecule has 0 N–H and O–H groups in total. The van der Waals surface area contributed by atoms with E-state index >= 15 is 0 Å². The molecule has 0 spiro atoms. The van der Waals surface area contributed by atoms with Gasteiger partial charge in [0.15, 0.2) is 0 Å². The summed E-state index contributed by atoms with van der Waals surface area (Å²) in [6.45, 7) is 6.78. The molecule has 0 aromatic heterocycles. The molecule has 132 valence electrons. The highest BCUT2D eigenvalue weighted by Gasteiger charge is 2.34. The maximum Gasteiger partial charge on any atom is 0.332 e. The zero-order chi connectivity index (χ0) is 17.8. The molecule has 1 aromatic carbocycles. The minimum Gasteiger partial charge on any atom is -0.463 e. The van der Waals surface area contributed by atoms with Gasteiger partial charge in [-0.1, -0.05) is 41.6 Å². The van der Waals surface area contributed by atoms with Crippen LogP contribution in [0.25, 0.3) is 5.57 Å². The number of benzene rings is 1. The van der Waals surface area contributed by atoms with Crippen LogP contribution in [-0.2, 0) is 19.1 Å². The van der Waals surface area contributed by atoms with E-state index in [0.717, 1.165) is 29.2 Å². The van der Waals surface area contributed by atoms with Gasteiger partial charge in [0, 0.05) is 19.2 Å². The van der Waals surface area contributed by atoms with Gasteiger partial charge in [-0.25, -0.2) is 4.79 Å². The largest absolute Gasteiger partial charge is 0.463 e. The quantitative estimate of drug-likeness (QED) is 0.609. The molecule has 0 radical (unpaired) electrons. The Balaban J connectivity index is 1.98. The molecule has 5 nitrogen and oxygen atoms in total. The highest BCUT2D eigenvalue weighted by molar-refractivity contribution is 8.08. The van der Waals surface area contributed by atoms with Crippen LogP contribution in [0.1, 0.15) is 18.1 Å². The molecule has 0 saturated carbocycles. The SMILES string of the molecule is CCOC(=O)C=C1SC(N2CCOCC2)=C(c2ccc(C)cc2)C1=O. The summed E-state index contributed by atoms with van der Waals surface area (Å²) in [5.41, 5.74) is 2.66. The Labute approximate surface area is 151 Å². The third-order valence-electron chi connectivity index (χ3n) is 4.05. The van der Waals surface area contributed by atoms with Crippen LogP contribution in [0.5, 0.6) is 0 Å². The molecule has 2 heterocycles. The van der Waals surface area contributed by atoms with Gasteiger partial charge in [-0.15, -0.1) is 0 Å². The maximum atomic E-state index is 13.0. The summed E-state index contributed by atoms with van der Waals surface area (Å²) in [6, 6.07) is 7.89. The standard InChI is InChI=1S/C19H21NO4S/c1-3-24-16(21)12-15-18(22)17(14-6-4-13(2)5-7-14)19(25-15)20-8-10-23-11-9-20/h4-7,12H,3,8-11H2,1-2H3. The number of ketones is 1. The lowest BCUT2D eigenvalue weighted by atomic mass is 10.0. The summed E-state index contributed by atoms with van der Waals surface area (Å²) in [5, 5.41) is 0.896. The zero-order valence-electron chi connectivity index (χ0n) is 14.4. The molecule has 0 bridgehead atoms. The Kier molecular flexibility index (Phi) is 5.60. The van der Waals surface area contributed by atoms with Crippen LogP contribution in [0.15, 0.2) is 40.3 Å². The fourth-order valence-corrected chi connectivity index (χ4v) is 3.95. The van der Waals surface area contributed by atoms with Gasteiger partial charge >= 0.3 is 5.97 Å². The summed E-state index contributed by atoms with van der Waals surface area (Å²) < 4.78 is 10.4. The second-order valence-corrected chi connectivity index (χ2v) is 6.87. The van der Waals surface area contributed by atoms with Crippen molar-refractivity contribution in [2.24, 2.45) is 0 Å². The lowest BCUT2D eigenvalue weighted by molar-refractivity contribution is -0.137. The lowest BCUT2D eigenvalue weighted by Gasteiger charge is -2.29. The minimum absolute atomic E-state index is 0.122. The van der Waals surface area contributed by atoms with Crippen molar-refractivity contribution in [2.75, 3.05) is 32.9 Å². The van der Waals surface area contributed by atoms with Crippen molar-refractivity contribution in [3.05, 3.63) is 51.4 Å². The number of aryl methyl sites for hydroxylation is 1. The van der Waals surface area contributed by atoms with Gasteiger partial charge in [0.25, 0.3) is 0 Å². The van der Waals surface area contributed by atoms with Crippen molar-refractivity contribution < 1.29 is 19.1 Å². The first-order valence-electron chi connectivity index (χ1n) is 8.35. The average molecular weight is 359 g/mol. The minimum atomic E-state index is -0.482. The zero-order valence-corrected chi connectivity index (χ0v) is 15.2. The molecule has 0 amide bonds. The van der Waals surface area contributed by atoms with Crippen molar-refractivity contribution in [2.45, 2.75) is 13.8 Å². The Bertz CT molecular complexity index is 730. The number of Topliss-reactive ketones (excluding diaryl/α,β-unsaturated/α-hetero) is 1. The van der Waals surface area contributed by atoms with E-state index in [1.54, 1.807) is 6.92 Å².